The number of fused-ring (bicyclic) bond motifs is 4. The summed E-state index contributed by atoms with van der Waals surface area (Å²) in [7, 11) is 1.52. The topological polar surface area (TPSA) is 167 Å². The van der Waals surface area contributed by atoms with Gasteiger partial charge >= 0.3 is 0 Å². The Morgan fingerprint density at radius 3 is 1.63 bits per heavy atom. The normalized spacial score (nSPS) is 12.1. The van der Waals surface area contributed by atoms with Crippen LogP contribution in [0.1, 0.15) is 36.4 Å². The van der Waals surface area contributed by atoms with Gasteiger partial charge in [0.25, 0.3) is 0 Å². The van der Waals surface area contributed by atoms with Crippen LogP contribution < -0.4 is 0 Å². The zero-order valence-electron chi connectivity index (χ0n) is 26.9. The van der Waals surface area contributed by atoms with E-state index < -0.39 is 0 Å². The highest BCUT2D eigenvalue weighted by molar-refractivity contribution is 5.98. The van der Waals surface area contributed by atoms with Crippen molar-refractivity contribution in [2.75, 3.05) is 7.11 Å². The molecule has 0 unspecified atom stereocenters. The highest BCUT2D eigenvalue weighted by Crippen LogP contribution is 2.18. The maximum absolute atomic E-state index is 8.92. The molecular weight excluding hydrogens is 620 g/mol. The van der Waals surface area contributed by atoms with Crippen molar-refractivity contribution in [2.24, 2.45) is 10.3 Å². The van der Waals surface area contributed by atoms with E-state index in [0.717, 1.165) is 49.8 Å². The van der Waals surface area contributed by atoms with E-state index in [4.69, 9.17) is 10.0 Å². The maximum Gasteiger partial charge on any atom is 0.179 e. The molecule has 14 heteroatoms. The van der Waals surface area contributed by atoms with Crippen LogP contribution in [-0.2, 0) is 17.9 Å². The largest absolute Gasteiger partial charge is 0.411 e. The van der Waals surface area contributed by atoms with E-state index in [1.165, 1.54) is 7.11 Å². The number of hydrogen-bond acceptors (Lipinski definition) is 12. The van der Waals surface area contributed by atoms with Crippen LogP contribution >= 0.6 is 0 Å². The predicted octanol–water partition coefficient (Wildman–Crippen LogP) is 5.41. The molecule has 0 spiro atoms. The minimum atomic E-state index is 0.446. The lowest BCUT2D eigenvalue weighted by Gasteiger charge is -2.05. The molecule has 0 atom stereocenters. The monoisotopic (exact) mass is 650 g/mol. The van der Waals surface area contributed by atoms with Crippen molar-refractivity contribution < 1.29 is 10.0 Å². The van der Waals surface area contributed by atoms with E-state index in [1.807, 2.05) is 73.7 Å². The van der Waals surface area contributed by atoms with Crippen molar-refractivity contribution in [3.63, 3.8) is 0 Å². The van der Waals surface area contributed by atoms with E-state index in [2.05, 4.69) is 63.0 Å². The number of hydrogen-bond donors (Lipinski definition) is 1. The highest BCUT2D eigenvalue weighted by atomic mass is 16.6. The van der Waals surface area contributed by atoms with Crippen molar-refractivity contribution in [3.05, 3.63) is 120 Å². The molecular formula is C35H30N12O2. The Kier molecular flexibility index (Phi) is 8.57. The fraction of sp³-hybridized carbons (Fsp3) is 0.143. The molecule has 0 fully saturated rings. The fourth-order valence-corrected chi connectivity index (χ4v) is 5.35. The molecule has 0 saturated carbocycles. The van der Waals surface area contributed by atoms with Crippen molar-refractivity contribution >= 4 is 55.6 Å². The van der Waals surface area contributed by atoms with E-state index in [0.29, 0.717) is 41.4 Å². The zero-order valence-corrected chi connectivity index (χ0v) is 26.9. The summed E-state index contributed by atoms with van der Waals surface area (Å²) < 4.78 is 3.53. The number of oxime groups is 2. The first kappa shape index (κ1) is 30.9. The third-order valence-corrected chi connectivity index (χ3v) is 7.84. The number of benzene rings is 2. The Morgan fingerprint density at radius 2 is 1.14 bits per heavy atom. The van der Waals surface area contributed by atoms with Crippen LogP contribution in [0.5, 0.6) is 0 Å². The molecule has 14 nitrogen and oxygen atoms in total. The average Bonchev–Trinajstić information content (AvgIpc) is 3.74. The molecule has 0 aliphatic rings. The Bertz CT molecular complexity index is 2500. The van der Waals surface area contributed by atoms with E-state index >= 15 is 0 Å². The van der Waals surface area contributed by atoms with Gasteiger partial charge in [-0.25, -0.2) is 19.3 Å². The lowest BCUT2D eigenvalue weighted by molar-refractivity contribution is 0.213. The van der Waals surface area contributed by atoms with Crippen LogP contribution in [0, 0.1) is 0 Å². The molecule has 0 saturated heterocycles. The van der Waals surface area contributed by atoms with Gasteiger partial charge in [-0.15, -0.1) is 10.2 Å². The van der Waals surface area contributed by atoms with Crippen molar-refractivity contribution in [2.45, 2.75) is 26.9 Å². The van der Waals surface area contributed by atoms with Gasteiger partial charge in [0.1, 0.15) is 29.6 Å². The predicted molar refractivity (Wildman–Crippen MR) is 186 cm³/mol. The molecule has 8 rings (SSSR count). The molecule has 49 heavy (non-hydrogen) atoms. The van der Waals surface area contributed by atoms with Crippen LogP contribution in [0.3, 0.4) is 0 Å². The van der Waals surface area contributed by atoms with Crippen LogP contribution in [0.15, 0.2) is 108 Å². The summed E-state index contributed by atoms with van der Waals surface area (Å²) in [6.45, 7) is 4.67. The van der Waals surface area contributed by atoms with Crippen molar-refractivity contribution in [1.82, 2.24) is 49.9 Å². The number of nitrogens with zero attached hydrogens (tertiary/aromatic N) is 12. The van der Waals surface area contributed by atoms with Gasteiger partial charge in [-0.1, -0.05) is 45.0 Å². The van der Waals surface area contributed by atoms with Gasteiger partial charge in [0.2, 0.25) is 0 Å². The summed E-state index contributed by atoms with van der Waals surface area (Å²) in [5.41, 5.74) is 9.43. The molecule has 1 N–H and O–H groups in total. The van der Waals surface area contributed by atoms with Crippen LogP contribution in [0.2, 0.25) is 0 Å². The SMILES string of the molecule is CC(=NO)c1ccc2nnn(Cc3ccc4ncccc4c3)c2n1.CON=C(C)c1ccc2nnn(Cc3ccc4ncccc4c3)c2n1. The van der Waals surface area contributed by atoms with Gasteiger partial charge in [-0.05, 0) is 85.6 Å². The second-order valence-electron chi connectivity index (χ2n) is 11.2. The molecule has 6 aromatic heterocycles. The molecule has 2 aromatic carbocycles. The Balaban J connectivity index is 0.000000154. The molecule has 0 bridgehead atoms. The molecule has 8 aromatic rings. The summed E-state index contributed by atoms with van der Waals surface area (Å²) in [6, 6.07) is 27.5. The van der Waals surface area contributed by atoms with Crippen LogP contribution in [0.4, 0.5) is 0 Å². The smallest absolute Gasteiger partial charge is 0.179 e. The van der Waals surface area contributed by atoms with E-state index in [1.54, 1.807) is 34.7 Å². The summed E-state index contributed by atoms with van der Waals surface area (Å²) in [6.07, 6.45) is 3.58. The lowest BCUT2D eigenvalue weighted by Crippen LogP contribution is -2.05. The van der Waals surface area contributed by atoms with Crippen LogP contribution in [-0.4, -0.2) is 73.7 Å². The minimum absolute atomic E-state index is 0.446. The minimum Gasteiger partial charge on any atom is -0.411 e. The fourth-order valence-electron chi connectivity index (χ4n) is 5.35. The molecule has 0 radical (unpaired) electrons. The second-order valence-corrected chi connectivity index (χ2v) is 11.2. The van der Waals surface area contributed by atoms with E-state index in [-0.39, 0.29) is 0 Å². The first-order chi connectivity index (χ1) is 24.0. The standard InChI is InChI=1S/C18H16N6O.C17H14N6O/c1-12(22-25-2)15-7-8-17-18(20-15)24(23-21-17)11-13-5-6-16-14(10-13)4-3-9-19-16;1-11(21-24)14-6-7-16-17(19-14)23(22-20-16)10-12-4-5-15-13(9-12)3-2-8-18-15/h3-10H,11H2,1-2H3;2-9,24H,10H2,1H3. The summed E-state index contributed by atoms with van der Waals surface area (Å²) in [5.74, 6) is 0. The first-order valence-electron chi connectivity index (χ1n) is 15.3. The van der Waals surface area contributed by atoms with Gasteiger partial charge < -0.3 is 10.0 Å². The zero-order chi connectivity index (χ0) is 33.7. The maximum atomic E-state index is 8.92. The van der Waals surface area contributed by atoms with E-state index in [9.17, 15) is 0 Å². The molecule has 0 amide bonds. The summed E-state index contributed by atoms with van der Waals surface area (Å²) in [4.78, 5) is 22.6. The number of rotatable bonds is 7. The third kappa shape index (κ3) is 6.60. The first-order valence-corrected chi connectivity index (χ1v) is 15.3. The average molecular weight is 651 g/mol. The van der Waals surface area contributed by atoms with Gasteiger partial charge in [0, 0.05) is 23.2 Å². The Labute approximate surface area is 279 Å². The van der Waals surface area contributed by atoms with Crippen molar-refractivity contribution in [3.8, 4) is 0 Å². The van der Waals surface area contributed by atoms with Gasteiger partial charge in [0.15, 0.2) is 11.3 Å². The Morgan fingerprint density at radius 1 is 0.653 bits per heavy atom. The molecule has 242 valence electrons. The van der Waals surface area contributed by atoms with Gasteiger partial charge in [-0.2, -0.15) is 0 Å². The van der Waals surface area contributed by atoms with Crippen LogP contribution in [0.25, 0.3) is 44.1 Å². The summed E-state index contributed by atoms with van der Waals surface area (Å²) in [5, 5.41) is 35.0. The molecule has 6 heterocycles. The highest BCUT2D eigenvalue weighted by Gasteiger charge is 2.12. The third-order valence-electron chi connectivity index (χ3n) is 7.84. The quantitative estimate of drug-likeness (QED) is 0.134. The van der Waals surface area contributed by atoms with Gasteiger partial charge in [-0.3, -0.25) is 9.97 Å². The summed E-state index contributed by atoms with van der Waals surface area (Å²) >= 11 is 0. The van der Waals surface area contributed by atoms with Crippen molar-refractivity contribution in [1.29, 1.82) is 0 Å². The molecule has 0 aliphatic carbocycles. The lowest BCUT2D eigenvalue weighted by atomic mass is 10.1. The Hall–Kier alpha value is -6.70. The second kappa shape index (κ2) is 13.6. The number of pyridine rings is 4. The number of aromatic nitrogens is 10. The van der Waals surface area contributed by atoms with Gasteiger partial charge in [0.05, 0.1) is 35.5 Å². The molecule has 0 aliphatic heterocycles.